The van der Waals surface area contributed by atoms with Crippen molar-refractivity contribution in [2.24, 2.45) is 11.7 Å². The maximum absolute atomic E-state index is 13.3. The molecule has 2 rings (SSSR count). The van der Waals surface area contributed by atoms with Gasteiger partial charge in [-0.3, -0.25) is 4.79 Å². The van der Waals surface area contributed by atoms with Gasteiger partial charge >= 0.3 is 0 Å². The van der Waals surface area contributed by atoms with Crippen LogP contribution in [0.2, 0.25) is 0 Å². The zero-order valence-electron chi connectivity index (χ0n) is 11.5. The van der Waals surface area contributed by atoms with Crippen LogP contribution in [0.15, 0.2) is 18.2 Å². The highest BCUT2D eigenvalue weighted by Crippen LogP contribution is 2.22. The minimum Gasteiger partial charge on any atom is -0.338 e. The fraction of sp³-hybridized carbons (Fsp3) is 0.533. The molecule has 1 heterocycles. The first-order valence-electron chi connectivity index (χ1n) is 6.80. The van der Waals surface area contributed by atoms with E-state index >= 15 is 0 Å². The number of nitrogens with zero attached hydrogens (tertiary/aromatic N) is 1. The summed E-state index contributed by atoms with van der Waals surface area (Å²) in [6.45, 7) is 5.22. The molecule has 1 fully saturated rings. The van der Waals surface area contributed by atoms with Gasteiger partial charge in [0, 0.05) is 24.7 Å². The molecule has 1 aliphatic heterocycles. The summed E-state index contributed by atoms with van der Waals surface area (Å²) in [6, 6.07) is 4.44. The Morgan fingerprint density at radius 1 is 1.53 bits per heavy atom. The molecule has 4 heteroatoms. The van der Waals surface area contributed by atoms with Crippen LogP contribution in [-0.2, 0) is 0 Å². The van der Waals surface area contributed by atoms with Gasteiger partial charge in [-0.25, -0.2) is 4.39 Å². The van der Waals surface area contributed by atoms with Crippen molar-refractivity contribution >= 4 is 5.91 Å². The lowest BCUT2D eigenvalue weighted by atomic mass is 9.91. The highest BCUT2D eigenvalue weighted by molar-refractivity contribution is 5.95. The van der Waals surface area contributed by atoms with Gasteiger partial charge in [0.15, 0.2) is 0 Å². The first kappa shape index (κ1) is 14.0. The van der Waals surface area contributed by atoms with Crippen LogP contribution in [0, 0.1) is 18.7 Å². The van der Waals surface area contributed by atoms with Crippen molar-refractivity contribution < 1.29 is 9.18 Å². The zero-order chi connectivity index (χ0) is 14.0. The number of amides is 1. The Labute approximate surface area is 113 Å². The lowest BCUT2D eigenvalue weighted by Gasteiger charge is -2.35. The van der Waals surface area contributed by atoms with Gasteiger partial charge in [-0.2, -0.15) is 0 Å². The first-order valence-corrected chi connectivity index (χ1v) is 6.80. The van der Waals surface area contributed by atoms with Crippen molar-refractivity contribution in [1.82, 2.24) is 4.90 Å². The molecule has 1 aromatic carbocycles. The third-order valence-electron chi connectivity index (χ3n) is 3.92. The van der Waals surface area contributed by atoms with Crippen LogP contribution in [0.5, 0.6) is 0 Å². The molecule has 104 valence electrons. The summed E-state index contributed by atoms with van der Waals surface area (Å²) >= 11 is 0. The lowest BCUT2D eigenvalue weighted by Crippen LogP contribution is -2.45. The van der Waals surface area contributed by atoms with E-state index in [-0.39, 0.29) is 17.8 Å². The molecule has 2 N–H and O–H groups in total. The average molecular weight is 264 g/mol. The van der Waals surface area contributed by atoms with E-state index in [0.717, 1.165) is 24.9 Å². The molecule has 0 radical (unpaired) electrons. The summed E-state index contributed by atoms with van der Waals surface area (Å²) in [7, 11) is 0. The summed E-state index contributed by atoms with van der Waals surface area (Å²) in [6.07, 6.45) is 2.02. The summed E-state index contributed by atoms with van der Waals surface area (Å²) in [4.78, 5) is 14.3. The van der Waals surface area contributed by atoms with Crippen molar-refractivity contribution in [2.75, 3.05) is 13.1 Å². The summed E-state index contributed by atoms with van der Waals surface area (Å²) < 4.78 is 13.3. The van der Waals surface area contributed by atoms with E-state index in [1.54, 1.807) is 11.0 Å². The van der Waals surface area contributed by atoms with E-state index in [1.165, 1.54) is 12.1 Å². The molecule has 0 unspecified atom stereocenters. The number of carbonyl (C=O) groups is 1. The molecule has 2 atom stereocenters. The number of likely N-dealkylation sites (tertiary alicyclic amines) is 1. The number of carbonyl (C=O) groups excluding carboxylic acids is 1. The summed E-state index contributed by atoms with van der Waals surface area (Å²) in [5.41, 5.74) is 7.20. The van der Waals surface area contributed by atoms with Crippen LogP contribution >= 0.6 is 0 Å². The fourth-order valence-corrected chi connectivity index (χ4v) is 2.62. The van der Waals surface area contributed by atoms with E-state index in [1.807, 2.05) is 13.8 Å². The van der Waals surface area contributed by atoms with Gasteiger partial charge in [-0.05, 0) is 50.3 Å². The Balaban J connectivity index is 2.17. The number of halogens is 1. The van der Waals surface area contributed by atoms with Gasteiger partial charge in [0.2, 0.25) is 0 Å². The number of rotatable bonds is 2. The minimum atomic E-state index is -0.366. The fourth-order valence-electron chi connectivity index (χ4n) is 2.62. The molecular formula is C15H21FN2O. The maximum atomic E-state index is 13.3. The number of hydrogen-bond donors (Lipinski definition) is 1. The first-order chi connectivity index (χ1) is 8.99. The quantitative estimate of drug-likeness (QED) is 0.891. The largest absolute Gasteiger partial charge is 0.338 e. The number of aryl methyl sites for hydroxylation is 1. The van der Waals surface area contributed by atoms with Gasteiger partial charge < -0.3 is 10.6 Å². The Hall–Kier alpha value is -1.42. The normalized spacial score (nSPS) is 21.3. The van der Waals surface area contributed by atoms with Crippen LogP contribution in [0.4, 0.5) is 4.39 Å². The molecule has 1 saturated heterocycles. The predicted octanol–water partition coefficient (Wildman–Crippen LogP) is 2.33. The molecule has 0 aromatic heterocycles. The zero-order valence-corrected chi connectivity index (χ0v) is 11.5. The smallest absolute Gasteiger partial charge is 0.254 e. The Morgan fingerprint density at radius 3 is 2.95 bits per heavy atom. The molecule has 0 saturated carbocycles. The minimum absolute atomic E-state index is 0.0812. The monoisotopic (exact) mass is 264 g/mol. The molecule has 0 aliphatic carbocycles. The van der Waals surface area contributed by atoms with Crippen LogP contribution < -0.4 is 5.73 Å². The topological polar surface area (TPSA) is 46.3 Å². The number of piperidine rings is 1. The second-order valence-corrected chi connectivity index (χ2v) is 5.47. The number of hydrogen-bond acceptors (Lipinski definition) is 2. The van der Waals surface area contributed by atoms with Crippen LogP contribution in [0.3, 0.4) is 0 Å². The summed E-state index contributed by atoms with van der Waals surface area (Å²) in [5.74, 6) is -0.108. The SMILES string of the molecule is Cc1ccc(F)cc1C(=O)N1CCC[C@H]([C@H](C)N)C1. The van der Waals surface area contributed by atoms with Crippen molar-refractivity contribution in [3.05, 3.63) is 35.1 Å². The maximum Gasteiger partial charge on any atom is 0.254 e. The highest BCUT2D eigenvalue weighted by atomic mass is 19.1. The van der Waals surface area contributed by atoms with E-state index < -0.39 is 0 Å². The number of nitrogens with two attached hydrogens (primary N) is 1. The third-order valence-corrected chi connectivity index (χ3v) is 3.92. The molecule has 0 spiro atoms. The van der Waals surface area contributed by atoms with Crippen molar-refractivity contribution in [3.8, 4) is 0 Å². The third kappa shape index (κ3) is 3.13. The van der Waals surface area contributed by atoms with Crippen molar-refractivity contribution in [3.63, 3.8) is 0 Å². The number of benzene rings is 1. The second kappa shape index (κ2) is 5.70. The van der Waals surface area contributed by atoms with Gasteiger partial charge in [0.25, 0.3) is 5.91 Å². The Bertz CT molecular complexity index is 473. The van der Waals surface area contributed by atoms with E-state index in [0.29, 0.717) is 18.0 Å². The Morgan fingerprint density at radius 2 is 2.26 bits per heavy atom. The van der Waals surface area contributed by atoms with Gasteiger partial charge in [-0.15, -0.1) is 0 Å². The second-order valence-electron chi connectivity index (χ2n) is 5.47. The van der Waals surface area contributed by atoms with Crippen LogP contribution in [-0.4, -0.2) is 29.9 Å². The lowest BCUT2D eigenvalue weighted by molar-refractivity contribution is 0.0659. The average Bonchev–Trinajstić information content (AvgIpc) is 2.41. The molecule has 1 aromatic rings. The molecule has 19 heavy (non-hydrogen) atoms. The van der Waals surface area contributed by atoms with Gasteiger partial charge in [0.1, 0.15) is 5.82 Å². The molecule has 0 bridgehead atoms. The van der Waals surface area contributed by atoms with E-state index in [4.69, 9.17) is 5.73 Å². The Kier molecular flexibility index (Phi) is 4.20. The van der Waals surface area contributed by atoms with Crippen molar-refractivity contribution in [1.29, 1.82) is 0 Å². The molecule has 1 aliphatic rings. The standard InChI is InChI=1S/C15H21FN2O/c1-10-5-6-13(16)8-14(10)15(19)18-7-3-4-12(9-18)11(2)17/h5-6,8,11-12H,3-4,7,9,17H2,1-2H3/t11-,12-/m0/s1. The highest BCUT2D eigenvalue weighted by Gasteiger charge is 2.27. The van der Waals surface area contributed by atoms with Gasteiger partial charge in [-0.1, -0.05) is 6.07 Å². The molecule has 1 amide bonds. The summed E-state index contributed by atoms with van der Waals surface area (Å²) in [5, 5.41) is 0. The predicted molar refractivity (Wildman–Crippen MR) is 73.4 cm³/mol. The van der Waals surface area contributed by atoms with E-state index in [2.05, 4.69) is 0 Å². The van der Waals surface area contributed by atoms with Crippen LogP contribution in [0.25, 0.3) is 0 Å². The van der Waals surface area contributed by atoms with Crippen molar-refractivity contribution in [2.45, 2.75) is 32.7 Å². The van der Waals surface area contributed by atoms with Gasteiger partial charge in [0.05, 0.1) is 0 Å². The molecular weight excluding hydrogens is 243 g/mol. The van der Waals surface area contributed by atoms with E-state index in [9.17, 15) is 9.18 Å². The molecule has 3 nitrogen and oxygen atoms in total. The van der Waals surface area contributed by atoms with Crippen LogP contribution in [0.1, 0.15) is 35.7 Å².